The number of hydrogen-bond donors (Lipinski definition) is 0. The van der Waals surface area contributed by atoms with Crippen LogP contribution >= 0.6 is 11.6 Å². The number of benzene rings is 1. The summed E-state index contributed by atoms with van der Waals surface area (Å²) in [5.74, 6) is 0.429. The predicted molar refractivity (Wildman–Crippen MR) is 102 cm³/mol. The van der Waals surface area contributed by atoms with Crippen LogP contribution in [0.4, 0.5) is 0 Å². The highest BCUT2D eigenvalue weighted by molar-refractivity contribution is 6.33. The molecule has 8 heteroatoms. The van der Waals surface area contributed by atoms with Gasteiger partial charge in [-0.1, -0.05) is 29.8 Å². The van der Waals surface area contributed by atoms with Gasteiger partial charge in [0, 0.05) is 29.9 Å². The number of fused-ring (bicyclic) bond motifs is 2. The van der Waals surface area contributed by atoms with Gasteiger partial charge in [0.1, 0.15) is 6.33 Å². The molecular formula is C18H17ClN6O. The van der Waals surface area contributed by atoms with Crippen LogP contribution in [-0.4, -0.2) is 49.7 Å². The predicted octanol–water partition coefficient (Wildman–Crippen LogP) is 2.32. The molecule has 26 heavy (non-hydrogen) atoms. The van der Waals surface area contributed by atoms with E-state index in [4.69, 9.17) is 11.6 Å². The third kappa shape index (κ3) is 2.75. The lowest BCUT2D eigenvalue weighted by molar-refractivity contribution is 0.381. The summed E-state index contributed by atoms with van der Waals surface area (Å²) in [5.41, 5.74) is 1.78. The van der Waals surface area contributed by atoms with E-state index < -0.39 is 0 Å². The van der Waals surface area contributed by atoms with Crippen molar-refractivity contribution in [2.75, 3.05) is 20.6 Å². The molecule has 0 aliphatic rings. The van der Waals surface area contributed by atoms with E-state index in [1.807, 2.05) is 43.3 Å². The smallest absolute Gasteiger partial charge is 0.262 e. The van der Waals surface area contributed by atoms with Crippen LogP contribution in [0.25, 0.3) is 27.9 Å². The van der Waals surface area contributed by atoms with Gasteiger partial charge in [0.15, 0.2) is 0 Å². The van der Waals surface area contributed by atoms with Gasteiger partial charge in [0.25, 0.3) is 11.3 Å². The molecule has 4 rings (SSSR count). The van der Waals surface area contributed by atoms with E-state index in [0.717, 1.165) is 12.1 Å². The highest BCUT2D eigenvalue weighted by Crippen LogP contribution is 2.31. The second-order valence-electron chi connectivity index (χ2n) is 6.29. The minimum Gasteiger partial charge on any atom is -0.314 e. The molecule has 0 amide bonds. The highest BCUT2D eigenvalue weighted by atomic mass is 35.5. The summed E-state index contributed by atoms with van der Waals surface area (Å²) in [6.45, 7) is 1.34. The van der Waals surface area contributed by atoms with Crippen LogP contribution in [0.2, 0.25) is 5.02 Å². The summed E-state index contributed by atoms with van der Waals surface area (Å²) in [6.07, 6.45) is 3.19. The average Bonchev–Trinajstić information content (AvgIpc) is 3.08. The monoisotopic (exact) mass is 368 g/mol. The lowest BCUT2D eigenvalue weighted by Gasteiger charge is -2.14. The van der Waals surface area contributed by atoms with Crippen LogP contribution in [0.1, 0.15) is 0 Å². The first kappa shape index (κ1) is 16.7. The number of pyridine rings is 1. The third-order valence-corrected chi connectivity index (χ3v) is 4.59. The maximum Gasteiger partial charge on any atom is 0.262 e. The fraction of sp³-hybridized carbons (Fsp3) is 0.222. The average molecular weight is 369 g/mol. The summed E-state index contributed by atoms with van der Waals surface area (Å²) in [7, 11) is 3.95. The van der Waals surface area contributed by atoms with Crippen LogP contribution in [0, 0.1) is 0 Å². The lowest BCUT2D eigenvalue weighted by Crippen LogP contribution is -2.27. The van der Waals surface area contributed by atoms with Gasteiger partial charge in [0.05, 0.1) is 16.6 Å². The van der Waals surface area contributed by atoms with E-state index >= 15 is 0 Å². The van der Waals surface area contributed by atoms with Gasteiger partial charge < -0.3 is 9.47 Å². The maximum atomic E-state index is 13.2. The molecule has 0 saturated heterocycles. The normalized spacial score (nSPS) is 11.7. The van der Waals surface area contributed by atoms with Gasteiger partial charge in [-0.25, -0.2) is 4.98 Å². The van der Waals surface area contributed by atoms with Crippen LogP contribution in [0.15, 0.2) is 47.7 Å². The van der Waals surface area contributed by atoms with Crippen LogP contribution in [0.5, 0.6) is 0 Å². The van der Waals surface area contributed by atoms with E-state index in [1.54, 1.807) is 21.3 Å². The quantitative estimate of drug-likeness (QED) is 0.553. The summed E-state index contributed by atoms with van der Waals surface area (Å²) < 4.78 is 3.26. The Kier molecular flexibility index (Phi) is 4.18. The van der Waals surface area contributed by atoms with E-state index in [0.29, 0.717) is 33.9 Å². The second-order valence-corrected chi connectivity index (χ2v) is 6.70. The summed E-state index contributed by atoms with van der Waals surface area (Å²) in [5, 5.41) is 5.28. The summed E-state index contributed by atoms with van der Waals surface area (Å²) in [6, 6.07) is 9.22. The van der Waals surface area contributed by atoms with Gasteiger partial charge >= 0.3 is 0 Å². The number of hydrogen-bond acceptors (Lipinski definition) is 5. The van der Waals surface area contributed by atoms with Gasteiger partial charge in [-0.05, 0) is 26.2 Å². The zero-order valence-electron chi connectivity index (χ0n) is 14.4. The van der Waals surface area contributed by atoms with E-state index in [9.17, 15) is 4.79 Å². The van der Waals surface area contributed by atoms with Crippen LogP contribution in [-0.2, 0) is 6.54 Å². The molecule has 0 atom stereocenters. The molecule has 1 aromatic carbocycles. The molecule has 3 heterocycles. The SMILES string of the molecule is CN(C)CCn1ccc2nc3ncnn3c(-c3ccccc3Cl)c2c1=O. The molecule has 0 aliphatic heterocycles. The Bertz CT molecular complexity index is 1160. The third-order valence-electron chi connectivity index (χ3n) is 4.26. The second kappa shape index (κ2) is 6.51. The fourth-order valence-electron chi connectivity index (χ4n) is 2.95. The topological polar surface area (TPSA) is 68.3 Å². The molecule has 0 unspecified atom stereocenters. The summed E-state index contributed by atoms with van der Waals surface area (Å²) >= 11 is 6.42. The number of likely N-dealkylation sites (N-methyl/N-ethyl adjacent to an activating group) is 1. The van der Waals surface area contributed by atoms with Crippen molar-refractivity contribution < 1.29 is 0 Å². The first-order chi connectivity index (χ1) is 12.6. The van der Waals surface area contributed by atoms with Gasteiger partial charge in [-0.15, -0.1) is 0 Å². The van der Waals surface area contributed by atoms with Gasteiger partial charge in [0.2, 0.25) is 0 Å². The van der Waals surface area contributed by atoms with Crippen molar-refractivity contribution >= 4 is 28.3 Å². The Labute approximate surface area is 154 Å². The molecule has 7 nitrogen and oxygen atoms in total. The van der Waals surface area contributed by atoms with Crippen molar-refractivity contribution in [3.63, 3.8) is 0 Å². The van der Waals surface area contributed by atoms with Crippen molar-refractivity contribution in [1.82, 2.24) is 29.0 Å². The van der Waals surface area contributed by atoms with Crippen molar-refractivity contribution in [3.8, 4) is 11.3 Å². The molecule has 0 saturated carbocycles. The van der Waals surface area contributed by atoms with Crippen LogP contribution in [0.3, 0.4) is 0 Å². The molecule has 4 aromatic rings. The molecule has 0 radical (unpaired) electrons. The first-order valence-corrected chi connectivity index (χ1v) is 8.56. The van der Waals surface area contributed by atoms with Gasteiger partial charge in [-0.2, -0.15) is 14.6 Å². The minimum atomic E-state index is -0.121. The Balaban J connectivity index is 2.08. The zero-order valence-corrected chi connectivity index (χ0v) is 15.2. The molecule has 0 N–H and O–H groups in total. The Morgan fingerprint density at radius 3 is 2.77 bits per heavy atom. The molecule has 132 valence electrons. The molecule has 0 spiro atoms. The number of aromatic nitrogens is 5. The zero-order chi connectivity index (χ0) is 18.3. The lowest BCUT2D eigenvalue weighted by atomic mass is 10.1. The molecule has 0 aliphatic carbocycles. The van der Waals surface area contributed by atoms with E-state index in [-0.39, 0.29) is 5.56 Å². The van der Waals surface area contributed by atoms with E-state index in [1.165, 1.54) is 6.33 Å². The maximum absolute atomic E-state index is 13.2. The standard InChI is InChI=1S/C18H17ClN6O/c1-23(2)9-10-24-8-7-14-15(17(24)26)16(12-5-3-4-6-13(12)19)25-18(22-14)20-11-21-25/h3-8,11H,9-10H2,1-2H3. The van der Waals surface area contributed by atoms with Gasteiger partial charge in [-0.3, -0.25) is 4.79 Å². The van der Waals surface area contributed by atoms with Crippen LogP contribution < -0.4 is 5.56 Å². The number of rotatable bonds is 4. The van der Waals surface area contributed by atoms with Crippen molar-refractivity contribution in [3.05, 3.63) is 58.2 Å². The summed E-state index contributed by atoms with van der Waals surface area (Å²) in [4.78, 5) is 23.9. The van der Waals surface area contributed by atoms with Crippen molar-refractivity contribution in [1.29, 1.82) is 0 Å². The number of nitrogens with zero attached hydrogens (tertiary/aromatic N) is 6. The Morgan fingerprint density at radius 2 is 2.00 bits per heavy atom. The van der Waals surface area contributed by atoms with Crippen molar-refractivity contribution in [2.24, 2.45) is 0 Å². The van der Waals surface area contributed by atoms with E-state index in [2.05, 4.69) is 15.1 Å². The molecule has 0 fully saturated rings. The largest absolute Gasteiger partial charge is 0.314 e. The molecule has 0 bridgehead atoms. The fourth-order valence-corrected chi connectivity index (χ4v) is 3.17. The van der Waals surface area contributed by atoms with Crippen molar-refractivity contribution in [2.45, 2.75) is 6.54 Å². The Hall–Kier alpha value is -2.77. The first-order valence-electron chi connectivity index (χ1n) is 8.19. The minimum absolute atomic E-state index is 0.121. The Morgan fingerprint density at radius 1 is 1.19 bits per heavy atom. The molecular weight excluding hydrogens is 352 g/mol. The molecule has 3 aromatic heterocycles. The highest BCUT2D eigenvalue weighted by Gasteiger charge is 2.18. The number of halogens is 1.